The van der Waals surface area contributed by atoms with Gasteiger partial charge in [-0.3, -0.25) is 0 Å². The van der Waals surface area contributed by atoms with Crippen LogP contribution in [0.25, 0.3) is 0 Å². The Morgan fingerprint density at radius 1 is 1.38 bits per heavy atom. The molecule has 6 nitrogen and oxygen atoms in total. The number of hydrogen-bond acceptors (Lipinski definition) is 6. The van der Waals surface area contributed by atoms with Gasteiger partial charge in [0, 0.05) is 7.11 Å². The Labute approximate surface area is 75.4 Å². The van der Waals surface area contributed by atoms with Crippen molar-refractivity contribution in [1.29, 1.82) is 0 Å². The van der Waals surface area contributed by atoms with Gasteiger partial charge in [0.15, 0.2) is 12.3 Å². The van der Waals surface area contributed by atoms with Crippen molar-refractivity contribution in [3.8, 4) is 0 Å². The summed E-state index contributed by atoms with van der Waals surface area (Å²) in [5.41, 5.74) is 0. The molecular weight excluding hydrogens is 178 g/mol. The van der Waals surface area contributed by atoms with Crippen LogP contribution in [-0.4, -0.2) is 48.0 Å². The van der Waals surface area contributed by atoms with E-state index in [-0.39, 0.29) is 0 Å². The molecular formula is C7H13NO5. The van der Waals surface area contributed by atoms with Crippen LogP contribution in [-0.2, 0) is 9.47 Å². The van der Waals surface area contributed by atoms with E-state index >= 15 is 0 Å². The first-order valence-electron chi connectivity index (χ1n) is 3.98. The zero-order valence-corrected chi connectivity index (χ0v) is 7.45. The maximum Gasteiger partial charge on any atom is 0.186 e. The highest BCUT2D eigenvalue weighted by Crippen LogP contribution is 2.23. The largest absolute Gasteiger partial charge is 0.388 e. The summed E-state index contributed by atoms with van der Waals surface area (Å²) in [6.45, 7) is 1.58. The molecule has 2 N–H and O–H groups in total. The summed E-state index contributed by atoms with van der Waals surface area (Å²) >= 11 is 0. The lowest BCUT2D eigenvalue weighted by atomic mass is 9.98. The van der Waals surface area contributed by atoms with Crippen molar-refractivity contribution in [2.75, 3.05) is 7.11 Å². The summed E-state index contributed by atoms with van der Waals surface area (Å²) in [6, 6.07) is -1.07. The Morgan fingerprint density at radius 2 is 2.00 bits per heavy atom. The maximum atomic E-state index is 10.3. The number of ether oxygens (including phenoxy) is 2. The van der Waals surface area contributed by atoms with E-state index in [1.807, 2.05) is 0 Å². The van der Waals surface area contributed by atoms with Gasteiger partial charge in [-0.15, -0.1) is 0 Å². The first-order valence-corrected chi connectivity index (χ1v) is 3.98. The molecule has 1 fully saturated rings. The summed E-state index contributed by atoms with van der Waals surface area (Å²) < 4.78 is 9.89. The van der Waals surface area contributed by atoms with Gasteiger partial charge in [0.25, 0.3) is 0 Å². The Morgan fingerprint density at radius 3 is 2.46 bits per heavy atom. The maximum absolute atomic E-state index is 10.3. The molecule has 1 heterocycles. The molecule has 1 aliphatic heterocycles. The topological polar surface area (TPSA) is 88.3 Å². The van der Waals surface area contributed by atoms with Crippen molar-refractivity contribution in [2.45, 2.75) is 37.6 Å². The quantitative estimate of drug-likeness (QED) is 0.560. The van der Waals surface area contributed by atoms with Gasteiger partial charge in [0.2, 0.25) is 0 Å². The second-order valence-electron chi connectivity index (χ2n) is 3.02. The van der Waals surface area contributed by atoms with Crippen molar-refractivity contribution in [1.82, 2.24) is 0 Å². The molecule has 1 aliphatic rings. The smallest absolute Gasteiger partial charge is 0.186 e. The fourth-order valence-corrected chi connectivity index (χ4v) is 1.32. The molecule has 6 heteroatoms. The van der Waals surface area contributed by atoms with Crippen LogP contribution in [0.5, 0.6) is 0 Å². The van der Waals surface area contributed by atoms with E-state index in [9.17, 15) is 15.1 Å². The molecule has 0 aromatic heterocycles. The van der Waals surface area contributed by atoms with E-state index < -0.39 is 30.6 Å². The summed E-state index contributed by atoms with van der Waals surface area (Å²) in [5, 5.41) is 21.4. The second-order valence-corrected chi connectivity index (χ2v) is 3.02. The Kier molecular flexibility index (Phi) is 3.32. The molecule has 0 aromatic rings. The summed E-state index contributed by atoms with van der Waals surface area (Å²) in [5.74, 6) is 0. The number of methoxy groups -OCH3 is 1. The lowest BCUT2D eigenvalue weighted by Crippen LogP contribution is -2.56. The van der Waals surface area contributed by atoms with Crippen molar-refractivity contribution in [3.63, 3.8) is 0 Å². The molecule has 0 aromatic carbocycles. The third-order valence-electron chi connectivity index (χ3n) is 2.16. The lowest BCUT2D eigenvalue weighted by molar-refractivity contribution is -0.246. The van der Waals surface area contributed by atoms with Crippen LogP contribution < -0.4 is 0 Å². The minimum Gasteiger partial charge on any atom is -0.388 e. The van der Waals surface area contributed by atoms with E-state index in [2.05, 4.69) is 5.18 Å². The third-order valence-corrected chi connectivity index (χ3v) is 2.16. The minimum absolute atomic E-state index is 0.571. The molecule has 1 rings (SSSR count). The molecule has 0 spiro atoms. The molecule has 1 saturated heterocycles. The predicted octanol–water partition coefficient (Wildman–Crippen LogP) is -0.766. The fourth-order valence-electron chi connectivity index (χ4n) is 1.32. The average molecular weight is 191 g/mol. The van der Waals surface area contributed by atoms with E-state index in [1.54, 1.807) is 6.92 Å². The van der Waals surface area contributed by atoms with Gasteiger partial charge >= 0.3 is 0 Å². The third kappa shape index (κ3) is 1.86. The minimum atomic E-state index is -1.23. The molecule has 0 amide bonds. The van der Waals surface area contributed by atoms with Crippen LogP contribution in [0.4, 0.5) is 0 Å². The van der Waals surface area contributed by atoms with Crippen LogP contribution in [0.3, 0.4) is 0 Å². The monoisotopic (exact) mass is 191 g/mol. The highest BCUT2D eigenvalue weighted by Gasteiger charge is 2.44. The molecule has 13 heavy (non-hydrogen) atoms. The van der Waals surface area contributed by atoms with Gasteiger partial charge in [0.05, 0.1) is 6.10 Å². The van der Waals surface area contributed by atoms with E-state index in [0.717, 1.165) is 0 Å². The molecule has 76 valence electrons. The van der Waals surface area contributed by atoms with E-state index in [1.165, 1.54) is 7.11 Å². The van der Waals surface area contributed by atoms with Gasteiger partial charge in [-0.2, -0.15) is 4.91 Å². The second kappa shape index (κ2) is 4.10. The first-order chi connectivity index (χ1) is 6.11. The zero-order chi connectivity index (χ0) is 10.0. The van der Waals surface area contributed by atoms with Crippen molar-refractivity contribution in [2.24, 2.45) is 5.18 Å². The van der Waals surface area contributed by atoms with Gasteiger partial charge in [-0.25, -0.2) is 0 Å². The lowest BCUT2D eigenvalue weighted by Gasteiger charge is -2.37. The standard InChI is InChI=1S/C7H13NO5/c1-3-5(9)6(10)4(8-11)7(12-2)13-3/h3-7,9-10H,1-2H3/t3-,4-,5+,6-,7?/m1/s1. The number of rotatable bonds is 2. The van der Waals surface area contributed by atoms with Crippen LogP contribution in [0, 0.1) is 4.91 Å². The highest BCUT2D eigenvalue weighted by atomic mass is 16.7. The molecule has 0 aliphatic carbocycles. The highest BCUT2D eigenvalue weighted by molar-refractivity contribution is 4.91. The molecule has 1 unspecified atom stereocenters. The first kappa shape index (κ1) is 10.5. The van der Waals surface area contributed by atoms with Crippen LogP contribution in [0.2, 0.25) is 0 Å². The fraction of sp³-hybridized carbons (Fsp3) is 1.00. The van der Waals surface area contributed by atoms with Gasteiger partial charge in [0.1, 0.15) is 12.2 Å². The van der Waals surface area contributed by atoms with Crippen molar-refractivity contribution >= 4 is 0 Å². The number of nitrogens with zero attached hydrogens (tertiary/aromatic N) is 1. The molecule has 0 saturated carbocycles. The van der Waals surface area contributed by atoms with E-state index in [4.69, 9.17) is 9.47 Å². The van der Waals surface area contributed by atoms with Crippen LogP contribution >= 0.6 is 0 Å². The summed E-state index contributed by atoms with van der Waals surface area (Å²) in [4.78, 5) is 10.3. The van der Waals surface area contributed by atoms with Gasteiger partial charge in [-0.05, 0) is 6.92 Å². The number of hydrogen-bond donors (Lipinski definition) is 2. The zero-order valence-electron chi connectivity index (χ0n) is 7.45. The normalized spacial score (nSPS) is 46.0. The average Bonchev–Trinajstić information content (AvgIpc) is 2.13. The molecule has 5 atom stereocenters. The Balaban J connectivity index is 2.74. The summed E-state index contributed by atoms with van der Waals surface area (Å²) in [6.07, 6.45) is -3.79. The SMILES string of the molecule is COC1O[C@H](C)[C@H](O)[C@H](O)[C@H]1N=O. The van der Waals surface area contributed by atoms with E-state index in [0.29, 0.717) is 0 Å². The van der Waals surface area contributed by atoms with Gasteiger partial charge in [-0.1, -0.05) is 5.18 Å². The molecule has 0 radical (unpaired) electrons. The predicted molar refractivity (Wildman–Crippen MR) is 42.9 cm³/mol. The number of aliphatic hydroxyl groups is 2. The Hall–Kier alpha value is -0.560. The van der Waals surface area contributed by atoms with Crippen molar-refractivity contribution in [3.05, 3.63) is 4.91 Å². The Bertz CT molecular complexity index is 186. The summed E-state index contributed by atoms with van der Waals surface area (Å²) in [7, 11) is 1.35. The van der Waals surface area contributed by atoms with Gasteiger partial charge < -0.3 is 19.7 Å². The van der Waals surface area contributed by atoms with Crippen LogP contribution in [0.1, 0.15) is 6.92 Å². The number of aliphatic hydroxyl groups excluding tert-OH is 2. The van der Waals surface area contributed by atoms with Crippen LogP contribution in [0.15, 0.2) is 5.18 Å². The number of nitroso groups, excluding NO2 is 1. The molecule has 0 bridgehead atoms. The van der Waals surface area contributed by atoms with Crippen molar-refractivity contribution < 1.29 is 19.7 Å².